The summed E-state index contributed by atoms with van der Waals surface area (Å²) in [5.74, 6) is -0.510. The van der Waals surface area contributed by atoms with Gasteiger partial charge in [0.1, 0.15) is 0 Å². The first-order valence-corrected chi connectivity index (χ1v) is 8.52. The van der Waals surface area contributed by atoms with Gasteiger partial charge in [0, 0.05) is 26.3 Å². The van der Waals surface area contributed by atoms with Crippen molar-refractivity contribution in [3.05, 3.63) is 71.3 Å². The quantitative estimate of drug-likeness (QED) is 0.565. The predicted molar refractivity (Wildman–Crippen MR) is 104 cm³/mol. The number of carbonyl (C=O) groups excluding carboxylic acids is 2. The van der Waals surface area contributed by atoms with Gasteiger partial charge in [-0.1, -0.05) is 42.0 Å². The van der Waals surface area contributed by atoms with Crippen LogP contribution < -0.4 is 10.6 Å². The van der Waals surface area contributed by atoms with E-state index in [0.29, 0.717) is 24.4 Å². The Labute approximate surface area is 154 Å². The van der Waals surface area contributed by atoms with Crippen molar-refractivity contribution in [2.24, 2.45) is 0 Å². The predicted octanol–water partition coefficient (Wildman–Crippen LogP) is 3.41. The maximum atomic E-state index is 12.3. The number of anilines is 1. The number of hydrogen-bond acceptors (Lipinski definition) is 3. The Hall–Kier alpha value is -2.92. The first-order valence-electron chi connectivity index (χ1n) is 8.52. The molecule has 0 bridgehead atoms. The van der Waals surface area contributed by atoms with Crippen LogP contribution in [0.2, 0.25) is 0 Å². The molecular weight excluding hydrogens is 328 g/mol. The molecular formula is C21H24N2O3. The van der Waals surface area contributed by atoms with E-state index < -0.39 is 0 Å². The van der Waals surface area contributed by atoms with Crippen molar-refractivity contribution in [3.63, 3.8) is 0 Å². The van der Waals surface area contributed by atoms with Gasteiger partial charge in [-0.15, -0.1) is 0 Å². The minimum absolute atomic E-state index is 0.223. The topological polar surface area (TPSA) is 67.4 Å². The molecule has 0 saturated heterocycles. The highest BCUT2D eigenvalue weighted by atomic mass is 16.5. The third-order valence-electron chi connectivity index (χ3n) is 3.74. The normalized spacial score (nSPS) is 10.7. The van der Waals surface area contributed by atoms with E-state index in [-0.39, 0.29) is 11.8 Å². The highest BCUT2D eigenvalue weighted by Crippen LogP contribution is 2.15. The van der Waals surface area contributed by atoms with Gasteiger partial charge in [0.15, 0.2) is 0 Å². The fraction of sp³-hybridized carbons (Fsp3) is 0.238. The second kappa shape index (κ2) is 10.2. The molecule has 5 heteroatoms. The highest BCUT2D eigenvalue weighted by molar-refractivity contribution is 6.07. The molecule has 0 aliphatic carbocycles. The summed E-state index contributed by atoms with van der Waals surface area (Å²) < 4.78 is 4.96. The molecule has 0 fully saturated rings. The third kappa shape index (κ3) is 6.18. The van der Waals surface area contributed by atoms with E-state index in [0.717, 1.165) is 17.5 Å². The molecule has 0 heterocycles. The van der Waals surface area contributed by atoms with E-state index in [1.807, 2.05) is 31.2 Å². The molecule has 0 spiro atoms. The molecule has 0 aliphatic heterocycles. The molecule has 0 unspecified atom stereocenters. The molecule has 0 radical (unpaired) electrons. The van der Waals surface area contributed by atoms with Crippen molar-refractivity contribution in [3.8, 4) is 0 Å². The molecule has 2 aromatic rings. The number of nitrogens with one attached hydrogen (secondary N) is 2. The number of ether oxygens (including phenoxy) is 1. The van der Waals surface area contributed by atoms with Gasteiger partial charge in [-0.3, -0.25) is 9.59 Å². The Morgan fingerprint density at radius 1 is 1.08 bits per heavy atom. The van der Waals surface area contributed by atoms with E-state index >= 15 is 0 Å². The smallest absolute Gasteiger partial charge is 0.253 e. The fourth-order valence-electron chi connectivity index (χ4n) is 2.33. The summed E-state index contributed by atoms with van der Waals surface area (Å²) in [7, 11) is 1.62. The van der Waals surface area contributed by atoms with Crippen molar-refractivity contribution < 1.29 is 14.3 Å². The summed E-state index contributed by atoms with van der Waals surface area (Å²) in [5, 5.41) is 5.59. The summed E-state index contributed by atoms with van der Waals surface area (Å²) >= 11 is 0. The monoisotopic (exact) mass is 352 g/mol. The molecule has 0 saturated carbocycles. The van der Waals surface area contributed by atoms with Crippen LogP contribution in [0.5, 0.6) is 0 Å². The number of rotatable bonds is 8. The first kappa shape index (κ1) is 19.4. The number of carbonyl (C=O) groups is 2. The van der Waals surface area contributed by atoms with Crippen molar-refractivity contribution >= 4 is 23.6 Å². The molecule has 2 N–H and O–H groups in total. The second-order valence-corrected chi connectivity index (χ2v) is 5.88. The van der Waals surface area contributed by atoms with Crippen molar-refractivity contribution in [1.82, 2.24) is 5.32 Å². The second-order valence-electron chi connectivity index (χ2n) is 5.88. The van der Waals surface area contributed by atoms with Gasteiger partial charge < -0.3 is 15.4 Å². The Kier molecular flexibility index (Phi) is 7.58. The lowest BCUT2D eigenvalue weighted by molar-refractivity contribution is -0.111. The van der Waals surface area contributed by atoms with Crippen molar-refractivity contribution in [2.45, 2.75) is 13.3 Å². The number of amides is 2. The molecule has 0 aromatic heterocycles. The van der Waals surface area contributed by atoms with E-state index in [2.05, 4.69) is 10.6 Å². The number of hydrogen-bond donors (Lipinski definition) is 2. The maximum absolute atomic E-state index is 12.3. The number of benzene rings is 2. The number of para-hydroxylation sites is 1. The molecule has 5 nitrogen and oxygen atoms in total. The number of aryl methyl sites for hydroxylation is 1. The van der Waals surface area contributed by atoms with Gasteiger partial charge in [-0.05, 0) is 37.1 Å². The lowest BCUT2D eigenvalue weighted by Crippen LogP contribution is -2.26. The van der Waals surface area contributed by atoms with Gasteiger partial charge in [0.25, 0.3) is 5.91 Å². The standard InChI is InChI=1S/C21H24N2O3/c1-16-8-10-17(11-9-16)12-13-20(24)23-19-7-4-3-6-18(19)21(25)22-14-5-15-26-2/h3-4,6-13H,5,14-15H2,1-2H3,(H,22,25)(H,23,24)/b13-12+. The molecule has 0 aliphatic rings. The summed E-state index contributed by atoms with van der Waals surface area (Å²) in [5.41, 5.74) is 3.02. The van der Waals surface area contributed by atoms with E-state index in [1.165, 1.54) is 6.08 Å². The van der Waals surface area contributed by atoms with Crippen LogP contribution in [0.1, 0.15) is 27.9 Å². The van der Waals surface area contributed by atoms with Crippen LogP contribution in [0, 0.1) is 6.92 Å². The highest BCUT2D eigenvalue weighted by Gasteiger charge is 2.11. The summed E-state index contributed by atoms with van der Waals surface area (Å²) in [6.07, 6.45) is 3.93. The minimum Gasteiger partial charge on any atom is -0.385 e. The fourth-order valence-corrected chi connectivity index (χ4v) is 2.33. The zero-order valence-electron chi connectivity index (χ0n) is 15.1. The van der Waals surface area contributed by atoms with Crippen LogP contribution >= 0.6 is 0 Å². The molecule has 26 heavy (non-hydrogen) atoms. The van der Waals surface area contributed by atoms with E-state index in [4.69, 9.17) is 4.74 Å². The zero-order valence-corrected chi connectivity index (χ0v) is 15.1. The van der Waals surface area contributed by atoms with Crippen LogP contribution in [0.25, 0.3) is 6.08 Å². The number of methoxy groups -OCH3 is 1. The van der Waals surface area contributed by atoms with Crippen LogP contribution in [0.3, 0.4) is 0 Å². The Balaban J connectivity index is 1.99. The summed E-state index contributed by atoms with van der Waals surface area (Å²) in [4.78, 5) is 24.5. The van der Waals surface area contributed by atoms with Crippen molar-refractivity contribution in [2.75, 3.05) is 25.6 Å². The third-order valence-corrected chi connectivity index (χ3v) is 3.74. The SMILES string of the molecule is COCCCNC(=O)c1ccccc1NC(=O)/C=C/c1ccc(C)cc1. The van der Waals surface area contributed by atoms with Gasteiger partial charge in [0.2, 0.25) is 5.91 Å². The first-order chi connectivity index (χ1) is 12.6. The van der Waals surface area contributed by atoms with E-state index in [9.17, 15) is 9.59 Å². The van der Waals surface area contributed by atoms with Crippen molar-refractivity contribution in [1.29, 1.82) is 0 Å². The molecule has 0 atom stereocenters. The molecule has 2 rings (SSSR count). The van der Waals surface area contributed by atoms with Crippen LogP contribution in [0.15, 0.2) is 54.6 Å². The summed E-state index contributed by atoms with van der Waals surface area (Å²) in [6.45, 7) is 3.11. The van der Waals surface area contributed by atoms with Gasteiger partial charge in [-0.2, -0.15) is 0 Å². The Bertz CT molecular complexity index is 767. The van der Waals surface area contributed by atoms with E-state index in [1.54, 1.807) is 37.5 Å². The van der Waals surface area contributed by atoms with Gasteiger partial charge in [-0.25, -0.2) is 0 Å². The van der Waals surface area contributed by atoms with Crippen LogP contribution in [-0.4, -0.2) is 32.1 Å². The average molecular weight is 352 g/mol. The Morgan fingerprint density at radius 2 is 1.81 bits per heavy atom. The zero-order chi connectivity index (χ0) is 18.8. The summed E-state index contributed by atoms with van der Waals surface area (Å²) in [6, 6.07) is 14.8. The van der Waals surface area contributed by atoms with Crippen LogP contribution in [-0.2, 0) is 9.53 Å². The lowest BCUT2D eigenvalue weighted by Gasteiger charge is -2.10. The van der Waals surface area contributed by atoms with Crippen LogP contribution in [0.4, 0.5) is 5.69 Å². The largest absolute Gasteiger partial charge is 0.385 e. The van der Waals surface area contributed by atoms with Gasteiger partial charge >= 0.3 is 0 Å². The maximum Gasteiger partial charge on any atom is 0.253 e. The Morgan fingerprint density at radius 3 is 2.54 bits per heavy atom. The molecule has 2 aromatic carbocycles. The van der Waals surface area contributed by atoms with Gasteiger partial charge in [0.05, 0.1) is 11.3 Å². The molecule has 136 valence electrons. The minimum atomic E-state index is -0.287. The average Bonchev–Trinajstić information content (AvgIpc) is 2.65. The molecule has 2 amide bonds. The lowest BCUT2D eigenvalue weighted by atomic mass is 10.1.